The van der Waals surface area contributed by atoms with Crippen molar-refractivity contribution in [3.63, 3.8) is 0 Å². The second kappa shape index (κ2) is 8.23. The van der Waals surface area contributed by atoms with E-state index in [4.69, 9.17) is 0 Å². The Morgan fingerprint density at radius 2 is 2.06 bits per heavy atom. The summed E-state index contributed by atoms with van der Waals surface area (Å²) < 4.78 is 0. The van der Waals surface area contributed by atoms with E-state index in [0.29, 0.717) is 35.7 Å². The van der Waals surface area contributed by atoms with Gasteiger partial charge in [0.05, 0.1) is 33.6 Å². The lowest BCUT2D eigenvalue weighted by atomic mass is 10.2. The van der Waals surface area contributed by atoms with E-state index in [0.717, 1.165) is 21.8 Å². The van der Waals surface area contributed by atoms with Crippen molar-refractivity contribution in [1.82, 2.24) is 20.2 Å². The zero-order valence-electron chi connectivity index (χ0n) is 17.1. The predicted octanol–water partition coefficient (Wildman–Crippen LogP) is 3.43. The quantitative estimate of drug-likeness (QED) is 0.443. The van der Waals surface area contributed by atoms with Gasteiger partial charge in [-0.15, -0.1) is 11.3 Å². The monoisotopic (exact) mass is 445 g/mol. The van der Waals surface area contributed by atoms with Crippen molar-refractivity contribution in [2.75, 3.05) is 29.1 Å². The van der Waals surface area contributed by atoms with E-state index in [1.165, 1.54) is 6.20 Å². The predicted molar refractivity (Wildman–Crippen MR) is 123 cm³/mol. The molecular formula is C22H19N7O2S. The molecule has 0 bridgehead atoms. The number of nitrogens with one attached hydrogen (secondary N) is 3. The van der Waals surface area contributed by atoms with Crippen molar-refractivity contribution in [3.8, 4) is 10.6 Å². The van der Waals surface area contributed by atoms with Gasteiger partial charge >= 0.3 is 0 Å². The van der Waals surface area contributed by atoms with E-state index in [9.17, 15) is 9.59 Å². The van der Waals surface area contributed by atoms with Crippen LogP contribution in [-0.4, -0.2) is 45.6 Å². The highest BCUT2D eigenvalue weighted by Crippen LogP contribution is 2.39. The van der Waals surface area contributed by atoms with Crippen LogP contribution in [0.2, 0.25) is 0 Å². The highest BCUT2D eigenvalue weighted by molar-refractivity contribution is 7.14. The number of aromatic amines is 1. The van der Waals surface area contributed by atoms with Crippen LogP contribution in [0.3, 0.4) is 0 Å². The number of hydrogen-bond acceptors (Lipinski definition) is 7. The smallest absolute Gasteiger partial charge is 0.260 e. The van der Waals surface area contributed by atoms with Crippen molar-refractivity contribution < 1.29 is 9.59 Å². The number of carbonyl (C=O) groups excluding carboxylic acids is 2. The summed E-state index contributed by atoms with van der Waals surface area (Å²) in [6.45, 7) is 0.543. The van der Waals surface area contributed by atoms with Crippen molar-refractivity contribution in [2.45, 2.75) is 6.42 Å². The number of anilines is 3. The van der Waals surface area contributed by atoms with E-state index in [1.54, 1.807) is 53.7 Å². The largest absolute Gasteiger partial charge is 0.372 e. The maximum absolute atomic E-state index is 13.3. The Hall–Kier alpha value is -4.05. The van der Waals surface area contributed by atoms with Crippen LogP contribution >= 0.6 is 11.3 Å². The van der Waals surface area contributed by atoms with Crippen LogP contribution in [-0.2, 0) is 6.42 Å². The number of thiophene rings is 1. The van der Waals surface area contributed by atoms with Gasteiger partial charge in [0.1, 0.15) is 11.6 Å². The van der Waals surface area contributed by atoms with Crippen LogP contribution in [0.4, 0.5) is 17.3 Å². The van der Waals surface area contributed by atoms with E-state index < -0.39 is 0 Å². The summed E-state index contributed by atoms with van der Waals surface area (Å²) in [5.74, 6) is 0.354. The Balaban J connectivity index is 1.35. The summed E-state index contributed by atoms with van der Waals surface area (Å²) in [7, 11) is 1.70. The van der Waals surface area contributed by atoms with E-state index in [1.807, 2.05) is 17.6 Å². The third kappa shape index (κ3) is 3.50. The Bertz CT molecular complexity index is 1300. The second-order valence-electron chi connectivity index (χ2n) is 7.15. The van der Waals surface area contributed by atoms with Gasteiger partial charge < -0.3 is 15.5 Å². The van der Waals surface area contributed by atoms with E-state index in [2.05, 4.69) is 30.8 Å². The van der Waals surface area contributed by atoms with Gasteiger partial charge in [-0.2, -0.15) is 5.10 Å². The number of amides is 2. The molecule has 1 aliphatic heterocycles. The fourth-order valence-electron chi connectivity index (χ4n) is 3.68. The summed E-state index contributed by atoms with van der Waals surface area (Å²) in [4.78, 5) is 37.0. The Labute approximate surface area is 187 Å². The molecule has 0 radical (unpaired) electrons. The molecule has 4 aromatic heterocycles. The van der Waals surface area contributed by atoms with Crippen molar-refractivity contribution in [1.29, 1.82) is 0 Å². The highest BCUT2D eigenvalue weighted by Gasteiger charge is 2.27. The molecular weight excluding hydrogens is 426 g/mol. The first-order valence-electron chi connectivity index (χ1n) is 9.98. The molecule has 5 rings (SSSR count). The number of H-pyrrole nitrogens is 1. The lowest BCUT2D eigenvalue weighted by molar-refractivity contribution is 0.0986. The number of pyridine rings is 2. The van der Waals surface area contributed by atoms with Crippen LogP contribution in [0.1, 0.15) is 26.3 Å². The van der Waals surface area contributed by atoms with Gasteiger partial charge in [-0.05, 0) is 42.1 Å². The summed E-state index contributed by atoms with van der Waals surface area (Å²) >= 11 is 1.57. The molecule has 0 saturated carbocycles. The third-order valence-corrected chi connectivity index (χ3v) is 6.19. The maximum Gasteiger partial charge on any atom is 0.260 e. The molecule has 9 nitrogen and oxygen atoms in total. The van der Waals surface area contributed by atoms with Crippen molar-refractivity contribution in [3.05, 3.63) is 71.0 Å². The fourth-order valence-corrected chi connectivity index (χ4v) is 4.61. The molecule has 0 unspecified atom stereocenters. The summed E-state index contributed by atoms with van der Waals surface area (Å²) in [6.07, 6.45) is 5.61. The molecule has 4 aromatic rings. The van der Waals surface area contributed by atoms with Gasteiger partial charge in [-0.25, -0.2) is 9.97 Å². The second-order valence-corrected chi connectivity index (χ2v) is 8.06. The maximum atomic E-state index is 13.3. The minimum atomic E-state index is -0.334. The molecule has 32 heavy (non-hydrogen) atoms. The van der Waals surface area contributed by atoms with Crippen molar-refractivity contribution >= 4 is 40.5 Å². The minimum absolute atomic E-state index is 0.141. The lowest BCUT2D eigenvalue weighted by Gasteiger charge is -2.21. The average Bonchev–Trinajstić information content (AvgIpc) is 3.46. The number of rotatable bonds is 4. The zero-order valence-corrected chi connectivity index (χ0v) is 17.9. The number of fused-ring (bicyclic) bond motifs is 3. The zero-order chi connectivity index (χ0) is 22.1. The van der Waals surface area contributed by atoms with Crippen LogP contribution in [0.15, 0.2) is 54.3 Å². The summed E-state index contributed by atoms with van der Waals surface area (Å²) in [5, 5.41) is 14.8. The average molecular weight is 446 g/mol. The number of hydrogen-bond donors (Lipinski definition) is 3. The normalized spacial score (nSPS) is 12.5. The molecule has 0 atom stereocenters. The Kier molecular flexibility index (Phi) is 5.12. The van der Waals surface area contributed by atoms with Gasteiger partial charge in [0, 0.05) is 31.5 Å². The third-order valence-electron chi connectivity index (χ3n) is 5.27. The number of nitrogens with zero attached hydrogens (tertiary/aromatic N) is 4. The van der Waals surface area contributed by atoms with Gasteiger partial charge in [-0.3, -0.25) is 14.7 Å². The molecule has 2 amide bonds. The first-order chi connectivity index (χ1) is 15.7. The SMILES string of the molecule is CNc1ncccc1C(=O)Nc1ccc(C(=O)N2CCc3cn[nH]c3-c3sccc32)cn1. The molecule has 0 saturated heterocycles. The topological polar surface area (TPSA) is 116 Å². The standard InChI is InChI=1S/C22H19N7O2S/c1-23-20-15(3-2-8-24-20)21(30)27-17-5-4-14(11-25-17)22(31)29-9-6-13-12-26-28-18(13)19-16(29)7-10-32-19/h2-5,7-8,10-12H,6,9H2,1H3,(H,23,24)(H,26,28)(H,25,27,30). The van der Waals surface area contributed by atoms with Crippen LogP contribution in [0, 0.1) is 0 Å². The van der Waals surface area contributed by atoms with E-state index in [-0.39, 0.29) is 11.8 Å². The highest BCUT2D eigenvalue weighted by atomic mass is 32.1. The Morgan fingerprint density at radius 3 is 2.88 bits per heavy atom. The molecule has 0 fully saturated rings. The fraction of sp³-hybridized carbons (Fsp3) is 0.136. The Morgan fingerprint density at radius 1 is 1.16 bits per heavy atom. The molecule has 10 heteroatoms. The van der Waals surface area contributed by atoms with Gasteiger partial charge in [0.15, 0.2) is 0 Å². The molecule has 0 aromatic carbocycles. The van der Waals surface area contributed by atoms with Crippen molar-refractivity contribution in [2.24, 2.45) is 0 Å². The lowest BCUT2D eigenvalue weighted by Crippen LogP contribution is -2.32. The van der Waals surface area contributed by atoms with Crippen LogP contribution in [0.5, 0.6) is 0 Å². The summed E-state index contributed by atoms with van der Waals surface area (Å²) in [6, 6.07) is 8.61. The van der Waals surface area contributed by atoms with Gasteiger partial charge in [0.2, 0.25) is 0 Å². The molecule has 1 aliphatic rings. The number of aromatic nitrogens is 4. The molecule has 0 spiro atoms. The van der Waals surface area contributed by atoms with Gasteiger partial charge in [0.25, 0.3) is 11.8 Å². The first kappa shape index (κ1) is 19.9. The summed E-state index contributed by atoms with van der Waals surface area (Å²) in [5.41, 5.74) is 3.77. The van der Waals surface area contributed by atoms with Crippen LogP contribution in [0.25, 0.3) is 10.6 Å². The molecule has 3 N–H and O–H groups in total. The minimum Gasteiger partial charge on any atom is -0.372 e. The van der Waals surface area contributed by atoms with Gasteiger partial charge in [-0.1, -0.05) is 0 Å². The molecule has 160 valence electrons. The molecule has 5 heterocycles. The number of carbonyl (C=O) groups is 2. The van der Waals surface area contributed by atoms with E-state index >= 15 is 0 Å². The van der Waals surface area contributed by atoms with Crippen LogP contribution < -0.4 is 15.5 Å². The molecule has 0 aliphatic carbocycles. The first-order valence-corrected chi connectivity index (χ1v) is 10.9.